The van der Waals surface area contributed by atoms with Gasteiger partial charge in [0, 0.05) is 57.6 Å². The lowest BCUT2D eigenvalue weighted by molar-refractivity contribution is 0.355. The predicted molar refractivity (Wildman–Crippen MR) is 129 cm³/mol. The van der Waals surface area contributed by atoms with Crippen LogP contribution in [0.15, 0.2) is 58.3 Å². The van der Waals surface area contributed by atoms with E-state index in [9.17, 15) is 5.11 Å². The number of aliphatic imine (C=N–C) groups is 1. The molecule has 2 N–H and O–H groups in total. The fourth-order valence-corrected chi connectivity index (χ4v) is 3.37. The number of nitrogens with zero attached hydrogens (tertiary/aromatic N) is 6. The first-order valence-electron chi connectivity index (χ1n) is 10.1. The smallest absolute Gasteiger partial charge is 0.175 e. The molecule has 0 bridgehead atoms. The number of hydrogen-bond acceptors (Lipinski definition) is 7. The number of rotatable bonds is 6. The van der Waals surface area contributed by atoms with Crippen LogP contribution in [0.2, 0.25) is 0 Å². The van der Waals surface area contributed by atoms with Gasteiger partial charge < -0.3 is 20.2 Å². The van der Waals surface area contributed by atoms with Gasteiger partial charge in [0.15, 0.2) is 5.82 Å². The highest BCUT2D eigenvalue weighted by atomic mass is 16.3. The number of anilines is 1. The number of amidine groups is 1. The van der Waals surface area contributed by atoms with Gasteiger partial charge in [0.05, 0.1) is 11.4 Å². The van der Waals surface area contributed by atoms with Crippen molar-refractivity contribution in [3.63, 3.8) is 0 Å². The molecule has 1 saturated heterocycles. The summed E-state index contributed by atoms with van der Waals surface area (Å²) in [6.45, 7) is 13.0. The van der Waals surface area contributed by atoms with Crippen molar-refractivity contribution in [3.8, 4) is 16.9 Å². The molecule has 1 aliphatic heterocycles. The lowest BCUT2D eigenvalue weighted by Crippen LogP contribution is -2.45. The van der Waals surface area contributed by atoms with E-state index >= 15 is 0 Å². The molecule has 0 unspecified atom stereocenters. The first kappa shape index (κ1) is 22.2. The van der Waals surface area contributed by atoms with Crippen LogP contribution in [0.1, 0.15) is 12.5 Å². The second kappa shape index (κ2) is 9.99. The highest BCUT2D eigenvalue weighted by Crippen LogP contribution is 2.32. The fraction of sp³-hybridized carbons (Fsp3) is 0.304. The largest absolute Gasteiger partial charge is 0.507 e. The Balaban J connectivity index is 1.89. The van der Waals surface area contributed by atoms with Gasteiger partial charge in [-0.05, 0) is 43.5 Å². The van der Waals surface area contributed by atoms with E-state index in [1.54, 1.807) is 18.3 Å². The average molecular weight is 420 g/mol. The van der Waals surface area contributed by atoms with Crippen molar-refractivity contribution in [1.82, 2.24) is 15.2 Å². The molecule has 31 heavy (non-hydrogen) atoms. The van der Waals surface area contributed by atoms with Crippen LogP contribution in [0.5, 0.6) is 5.75 Å². The number of benzene rings is 1. The summed E-state index contributed by atoms with van der Waals surface area (Å²) in [4.78, 5) is 12.4. The quantitative estimate of drug-likeness (QED) is 0.427. The second-order valence-electron chi connectivity index (χ2n) is 7.42. The fourth-order valence-electron chi connectivity index (χ4n) is 3.37. The van der Waals surface area contributed by atoms with E-state index in [4.69, 9.17) is 0 Å². The minimum Gasteiger partial charge on any atom is -0.507 e. The van der Waals surface area contributed by atoms with Gasteiger partial charge in [-0.15, -0.1) is 10.2 Å². The Bertz CT molecular complexity index is 1020. The molecule has 2 heterocycles. The zero-order chi connectivity index (χ0) is 22.4. The van der Waals surface area contributed by atoms with Gasteiger partial charge in [-0.1, -0.05) is 12.6 Å². The van der Waals surface area contributed by atoms with Crippen LogP contribution in [0.25, 0.3) is 11.1 Å². The van der Waals surface area contributed by atoms with Gasteiger partial charge in [-0.2, -0.15) is 0 Å². The molecular weight excluding hydrogens is 390 g/mol. The molecule has 0 aliphatic carbocycles. The summed E-state index contributed by atoms with van der Waals surface area (Å²) < 4.78 is 0. The van der Waals surface area contributed by atoms with Crippen LogP contribution in [0.3, 0.4) is 0 Å². The molecule has 0 atom stereocenters. The summed E-state index contributed by atoms with van der Waals surface area (Å²) in [5, 5.41) is 22.7. The monoisotopic (exact) mass is 419 g/mol. The third-order valence-corrected chi connectivity index (χ3v) is 5.16. The first-order valence-corrected chi connectivity index (χ1v) is 10.1. The molecule has 0 amide bonds. The zero-order valence-electron chi connectivity index (χ0n) is 18.3. The van der Waals surface area contributed by atoms with E-state index in [1.807, 2.05) is 44.1 Å². The topological polar surface area (TPSA) is 88.7 Å². The Labute approximate surface area is 183 Å². The minimum atomic E-state index is 0.100. The molecule has 162 valence electrons. The molecule has 1 aliphatic rings. The summed E-state index contributed by atoms with van der Waals surface area (Å²) in [5.74, 6) is 1.51. The molecule has 1 aromatic heterocycles. The first-order chi connectivity index (χ1) is 14.9. The predicted octanol–water partition coefficient (Wildman–Crippen LogP) is 3.07. The molecule has 8 heteroatoms. The van der Waals surface area contributed by atoms with Gasteiger partial charge in [-0.3, -0.25) is 0 Å². The summed E-state index contributed by atoms with van der Waals surface area (Å²) in [5.41, 5.74) is 3.62. The van der Waals surface area contributed by atoms with Gasteiger partial charge in [0.2, 0.25) is 0 Å². The highest BCUT2D eigenvalue weighted by molar-refractivity contribution is 6.10. The third-order valence-electron chi connectivity index (χ3n) is 5.16. The van der Waals surface area contributed by atoms with Crippen LogP contribution >= 0.6 is 0 Å². The van der Waals surface area contributed by atoms with E-state index in [1.165, 1.54) is 0 Å². The maximum Gasteiger partial charge on any atom is 0.175 e. The van der Waals surface area contributed by atoms with Gasteiger partial charge >= 0.3 is 0 Å². The molecular formula is C23H29N7O. The van der Waals surface area contributed by atoms with Crippen molar-refractivity contribution < 1.29 is 5.11 Å². The number of hydrogen-bond donors (Lipinski definition) is 2. The van der Waals surface area contributed by atoms with E-state index in [-0.39, 0.29) is 5.75 Å². The summed E-state index contributed by atoms with van der Waals surface area (Å²) in [7, 11) is 3.84. The van der Waals surface area contributed by atoms with Crippen molar-refractivity contribution in [3.05, 3.63) is 48.7 Å². The lowest BCUT2D eigenvalue weighted by atomic mass is 10.0. The van der Waals surface area contributed by atoms with E-state index in [0.717, 1.165) is 48.8 Å². The van der Waals surface area contributed by atoms with Crippen LogP contribution in [0, 0.1) is 0 Å². The normalized spacial score (nSPS) is 15.0. The number of aromatic hydroxyl groups is 1. The third kappa shape index (κ3) is 5.16. The van der Waals surface area contributed by atoms with Crippen molar-refractivity contribution in [2.75, 3.05) is 45.2 Å². The van der Waals surface area contributed by atoms with Gasteiger partial charge in [0.1, 0.15) is 11.6 Å². The SMILES string of the molecule is C=C/C(=N\N=C(/C)N1CCNCC1)c1ccc(-c2cnc(N=C)c(N(C)C)c2)cc1O. The number of allylic oxidation sites excluding steroid dienone is 1. The minimum absolute atomic E-state index is 0.100. The Hall–Kier alpha value is -3.52. The molecule has 0 saturated carbocycles. The summed E-state index contributed by atoms with van der Waals surface area (Å²) in [6, 6.07) is 7.39. The number of pyridine rings is 1. The van der Waals surface area contributed by atoms with E-state index < -0.39 is 0 Å². The van der Waals surface area contributed by atoms with E-state index in [2.05, 4.69) is 43.7 Å². The van der Waals surface area contributed by atoms with Crippen LogP contribution < -0.4 is 10.2 Å². The lowest BCUT2D eigenvalue weighted by Gasteiger charge is -2.28. The number of phenols is 1. The number of piperazine rings is 1. The Kier molecular flexibility index (Phi) is 7.15. The van der Waals surface area contributed by atoms with Gasteiger partial charge in [-0.25, -0.2) is 9.98 Å². The molecule has 0 radical (unpaired) electrons. The molecule has 3 rings (SSSR count). The van der Waals surface area contributed by atoms with Gasteiger partial charge in [0.25, 0.3) is 0 Å². The van der Waals surface area contributed by atoms with Crippen LogP contribution in [0.4, 0.5) is 11.5 Å². The number of aromatic nitrogens is 1. The van der Waals surface area contributed by atoms with Crippen LogP contribution in [-0.2, 0) is 0 Å². The Morgan fingerprint density at radius 2 is 1.94 bits per heavy atom. The molecule has 8 nitrogen and oxygen atoms in total. The molecule has 1 aromatic carbocycles. The highest BCUT2D eigenvalue weighted by Gasteiger charge is 2.13. The Morgan fingerprint density at radius 1 is 1.19 bits per heavy atom. The maximum atomic E-state index is 10.7. The molecule has 0 spiro atoms. The Morgan fingerprint density at radius 3 is 2.55 bits per heavy atom. The average Bonchev–Trinajstić information content (AvgIpc) is 2.80. The van der Waals surface area contributed by atoms with Crippen molar-refractivity contribution in [1.29, 1.82) is 0 Å². The van der Waals surface area contributed by atoms with Crippen molar-refractivity contribution in [2.24, 2.45) is 15.2 Å². The number of nitrogens with one attached hydrogen (secondary N) is 1. The van der Waals surface area contributed by atoms with Crippen molar-refractivity contribution >= 4 is 29.8 Å². The number of phenolic OH excluding ortho intramolecular Hbond substituents is 1. The standard InChI is InChI=1S/C23H29N7O/c1-6-20(28-27-16(2)30-11-9-25-10-12-30)19-8-7-17(14-22(19)31)18-13-21(29(4)5)23(24-3)26-15-18/h6-8,13-15,25,31H,1,3,9-12H2,2,4-5H3/b27-16+,28-20+. The summed E-state index contributed by atoms with van der Waals surface area (Å²) >= 11 is 0. The van der Waals surface area contributed by atoms with Crippen LogP contribution in [-0.4, -0.2) is 73.5 Å². The molecule has 1 fully saturated rings. The zero-order valence-corrected chi connectivity index (χ0v) is 18.3. The second-order valence-corrected chi connectivity index (χ2v) is 7.42. The molecule has 2 aromatic rings. The van der Waals surface area contributed by atoms with E-state index in [0.29, 0.717) is 17.1 Å². The van der Waals surface area contributed by atoms with Crippen molar-refractivity contribution in [2.45, 2.75) is 6.92 Å². The summed E-state index contributed by atoms with van der Waals surface area (Å²) in [6.07, 6.45) is 3.31. The maximum absolute atomic E-state index is 10.7.